The van der Waals surface area contributed by atoms with Crippen molar-refractivity contribution in [3.8, 4) is 0 Å². The lowest BCUT2D eigenvalue weighted by Crippen LogP contribution is -3.29. The van der Waals surface area contributed by atoms with Crippen molar-refractivity contribution in [1.82, 2.24) is 0 Å². The van der Waals surface area contributed by atoms with Gasteiger partial charge < -0.3 is 9.80 Å². The number of carbonyl (C=O) groups excluding carboxylic acids is 2. The molecule has 2 heterocycles. The third-order valence-electron chi connectivity index (χ3n) is 5.72. The zero-order chi connectivity index (χ0) is 19.7. The molecular weight excluding hydrogens is 381 g/mol. The Morgan fingerprint density at radius 1 is 1.00 bits per heavy atom. The third kappa shape index (κ3) is 3.81. The maximum Gasteiger partial charge on any atom is 0.292 e. The van der Waals surface area contributed by atoms with E-state index in [1.807, 2.05) is 24.3 Å². The summed E-state index contributed by atoms with van der Waals surface area (Å²) in [5.41, 5.74) is 1.58. The quantitative estimate of drug-likeness (QED) is 0.711. The van der Waals surface area contributed by atoms with Gasteiger partial charge in [-0.1, -0.05) is 29.8 Å². The highest BCUT2D eigenvalue weighted by molar-refractivity contribution is 6.31. The Kier molecular flexibility index (Phi) is 5.44. The molecule has 2 fully saturated rings. The zero-order valence-electron chi connectivity index (χ0n) is 15.5. The van der Waals surface area contributed by atoms with Gasteiger partial charge in [-0.05, 0) is 30.3 Å². The Morgan fingerprint density at radius 3 is 2.36 bits per heavy atom. The number of anilines is 1. The molecule has 0 bridgehead atoms. The summed E-state index contributed by atoms with van der Waals surface area (Å²) >= 11 is 6.27. The maximum atomic E-state index is 13.2. The second-order valence-corrected chi connectivity index (χ2v) is 7.88. The molecule has 4 rings (SSSR count). The van der Waals surface area contributed by atoms with Gasteiger partial charge in [0.1, 0.15) is 38.5 Å². The molecule has 146 valence electrons. The normalized spacial score (nSPS) is 25.4. The highest BCUT2D eigenvalue weighted by atomic mass is 35.5. The largest absolute Gasteiger partial charge is 0.322 e. The maximum absolute atomic E-state index is 13.2. The second-order valence-electron chi connectivity index (χ2n) is 7.48. The second kappa shape index (κ2) is 7.99. The van der Waals surface area contributed by atoms with Crippen molar-refractivity contribution in [2.75, 3.05) is 31.1 Å². The lowest BCUT2D eigenvalue weighted by molar-refractivity contribution is -1.02. The topological polar surface area (TPSA) is 46.3 Å². The monoisotopic (exact) mass is 403 g/mol. The van der Waals surface area contributed by atoms with Crippen LogP contribution in [0.3, 0.4) is 0 Å². The van der Waals surface area contributed by atoms with Crippen LogP contribution in [0.2, 0.25) is 5.02 Å². The van der Waals surface area contributed by atoms with Crippen molar-refractivity contribution < 1.29 is 23.8 Å². The average molecular weight is 404 g/mol. The minimum atomic E-state index is -0.386. The van der Waals surface area contributed by atoms with Crippen LogP contribution in [0.15, 0.2) is 48.5 Å². The van der Waals surface area contributed by atoms with Crippen LogP contribution < -0.4 is 14.7 Å². The molecule has 0 radical (unpaired) electrons. The standard InChI is InChI=1S/C21H21ClFN3O2/c22-18-4-2-1-3-15(18)14-24-9-11-25(12-10-24)19-13-20(27)26(21(19)28)17-7-5-16(23)6-8-17/h1-8,19H,9-14H2/p+2/t19-/m1/s1. The van der Waals surface area contributed by atoms with E-state index in [9.17, 15) is 14.0 Å². The van der Waals surface area contributed by atoms with Crippen molar-refractivity contribution >= 4 is 29.1 Å². The van der Waals surface area contributed by atoms with Gasteiger partial charge in [0, 0.05) is 10.6 Å². The van der Waals surface area contributed by atoms with Crippen molar-refractivity contribution in [2.24, 2.45) is 0 Å². The van der Waals surface area contributed by atoms with Gasteiger partial charge >= 0.3 is 0 Å². The fourth-order valence-corrected chi connectivity index (χ4v) is 4.38. The summed E-state index contributed by atoms with van der Waals surface area (Å²) in [5, 5.41) is 0.788. The number of amides is 2. The van der Waals surface area contributed by atoms with Gasteiger partial charge in [-0.3, -0.25) is 9.59 Å². The van der Waals surface area contributed by atoms with Crippen LogP contribution in [-0.4, -0.2) is 44.0 Å². The van der Waals surface area contributed by atoms with Crippen LogP contribution in [0.5, 0.6) is 0 Å². The van der Waals surface area contributed by atoms with Crippen LogP contribution in [-0.2, 0) is 16.1 Å². The number of hydrogen-bond acceptors (Lipinski definition) is 2. The molecule has 1 atom stereocenters. The zero-order valence-corrected chi connectivity index (χ0v) is 16.2. The number of nitrogens with one attached hydrogen (secondary N) is 2. The summed E-state index contributed by atoms with van der Waals surface area (Å²) in [6.45, 7) is 4.39. The van der Waals surface area contributed by atoms with E-state index >= 15 is 0 Å². The molecule has 2 aromatic carbocycles. The first kappa shape index (κ1) is 19.1. The highest BCUT2D eigenvalue weighted by Gasteiger charge is 2.46. The molecule has 0 aliphatic carbocycles. The van der Waals surface area contributed by atoms with Gasteiger partial charge in [-0.25, -0.2) is 9.29 Å². The summed E-state index contributed by atoms with van der Waals surface area (Å²) < 4.78 is 13.2. The van der Waals surface area contributed by atoms with E-state index in [-0.39, 0.29) is 30.1 Å². The van der Waals surface area contributed by atoms with E-state index in [0.29, 0.717) is 5.69 Å². The van der Waals surface area contributed by atoms with Gasteiger partial charge in [0.25, 0.3) is 5.91 Å². The molecule has 2 N–H and O–H groups in total. The number of quaternary nitrogens is 2. The van der Waals surface area contributed by atoms with E-state index < -0.39 is 0 Å². The van der Waals surface area contributed by atoms with Gasteiger partial charge in [0.05, 0.1) is 12.1 Å². The van der Waals surface area contributed by atoms with E-state index in [4.69, 9.17) is 11.6 Å². The molecule has 0 aromatic heterocycles. The number of carbonyl (C=O) groups is 2. The molecule has 0 unspecified atom stereocenters. The molecule has 5 nitrogen and oxygen atoms in total. The molecule has 0 saturated carbocycles. The average Bonchev–Trinajstić information content (AvgIpc) is 2.99. The Balaban J connectivity index is 1.38. The highest BCUT2D eigenvalue weighted by Crippen LogP contribution is 2.22. The Labute approximate surface area is 168 Å². The number of hydrogen-bond donors (Lipinski definition) is 2. The van der Waals surface area contributed by atoms with Crippen LogP contribution >= 0.6 is 11.6 Å². The molecule has 7 heteroatoms. The third-order valence-corrected chi connectivity index (χ3v) is 6.09. The van der Waals surface area contributed by atoms with Crippen LogP contribution in [0.25, 0.3) is 0 Å². The van der Waals surface area contributed by atoms with Crippen molar-refractivity contribution in [3.63, 3.8) is 0 Å². The summed E-state index contributed by atoms with van der Waals surface area (Å²) in [7, 11) is 0. The molecule has 2 saturated heterocycles. The summed E-state index contributed by atoms with van der Waals surface area (Å²) in [6, 6.07) is 13.0. The van der Waals surface area contributed by atoms with Crippen molar-refractivity contribution in [1.29, 1.82) is 0 Å². The van der Waals surface area contributed by atoms with E-state index in [0.717, 1.165) is 48.2 Å². The number of nitrogens with zero attached hydrogens (tertiary/aromatic N) is 1. The molecule has 2 aliphatic heterocycles. The number of benzene rings is 2. The molecule has 28 heavy (non-hydrogen) atoms. The van der Waals surface area contributed by atoms with Gasteiger partial charge in [0.2, 0.25) is 5.91 Å². The number of imide groups is 1. The number of halogens is 2. The van der Waals surface area contributed by atoms with Crippen molar-refractivity contribution in [3.05, 3.63) is 64.9 Å². The van der Waals surface area contributed by atoms with E-state index in [1.165, 1.54) is 34.1 Å². The fourth-order valence-electron chi connectivity index (χ4n) is 4.17. The number of rotatable bonds is 4. The van der Waals surface area contributed by atoms with Gasteiger partial charge in [-0.15, -0.1) is 0 Å². The Hall–Kier alpha value is -2.28. The molecule has 0 spiro atoms. The van der Waals surface area contributed by atoms with Crippen LogP contribution in [0, 0.1) is 5.82 Å². The first-order valence-corrected chi connectivity index (χ1v) is 9.94. The van der Waals surface area contributed by atoms with Crippen LogP contribution in [0.4, 0.5) is 10.1 Å². The first-order valence-electron chi connectivity index (χ1n) is 9.57. The Bertz CT molecular complexity index is 881. The lowest BCUT2D eigenvalue weighted by Gasteiger charge is -2.32. The summed E-state index contributed by atoms with van der Waals surface area (Å²) in [4.78, 5) is 29.1. The lowest BCUT2D eigenvalue weighted by atomic mass is 10.1. The summed E-state index contributed by atoms with van der Waals surface area (Å²) in [5.74, 6) is -0.774. The minimum Gasteiger partial charge on any atom is -0.322 e. The molecular formula is C21H23ClFN3O2+2. The first-order chi connectivity index (χ1) is 13.5. The number of piperazine rings is 1. The summed E-state index contributed by atoms with van der Waals surface area (Å²) in [6.07, 6.45) is 0.214. The van der Waals surface area contributed by atoms with Crippen LogP contribution in [0.1, 0.15) is 12.0 Å². The van der Waals surface area contributed by atoms with E-state index in [1.54, 1.807) is 0 Å². The molecule has 2 aromatic rings. The molecule has 2 amide bonds. The predicted molar refractivity (Wildman–Crippen MR) is 104 cm³/mol. The molecule has 2 aliphatic rings. The van der Waals surface area contributed by atoms with Crippen molar-refractivity contribution in [2.45, 2.75) is 19.0 Å². The van der Waals surface area contributed by atoms with E-state index in [2.05, 4.69) is 0 Å². The van der Waals surface area contributed by atoms with Gasteiger partial charge in [0.15, 0.2) is 6.04 Å². The predicted octanol–water partition coefficient (Wildman–Crippen LogP) is 0.0946. The van der Waals surface area contributed by atoms with Gasteiger partial charge in [-0.2, -0.15) is 0 Å². The fraction of sp³-hybridized carbons (Fsp3) is 0.333. The smallest absolute Gasteiger partial charge is 0.292 e. The Morgan fingerprint density at radius 2 is 1.68 bits per heavy atom. The SMILES string of the molecule is O=C1C[C@@H]([NH+]2CC[NH+](Cc3ccccc3Cl)CC2)C(=O)N1c1ccc(F)cc1. The minimum absolute atomic E-state index is 0.179.